The van der Waals surface area contributed by atoms with E-state index < -0.39 is 0 Å². The molecule has 0 aliphatic rings. The highest BCUT2D eigenvalue weighted by atomic mass is 16.5. The fourth-order valence-corrected chi connectivity index (χ4v) is 4.10. The quantitative estimate of drug-likeness (QED) is 0.402. The first-order valence-electron chi connectivity index (χ1n) is 11.0. The van der Waals surface area contributed by atoms with Crippen molar-refractivity contribution in [3.05, 3.63) is 71.3 Å². The van der Waals surface area contributed by atoms with Gasteiger partial charge in [-0.25, -0.2) is 4.98 Å². The van der Waals surface area contributed by atoms with Gasteiger partial charge in [-0.05, 0) is 30.9 Å². The molecule has 0 saturated carbocycles. The summed E-state index contributed by atoms with van der Waals surface area (Å²) in [7, 11) is 3.07. The zero-order valence-corrected chi connectivity index (χ0v) is 19.1. The Morgan fingerprint density at radius 3 is 2.48 bits per heavy atom. The van der Waals surface area contributed by atoms with Crippen molar-refractivity contribution in [3.8, 4) is 11.5 Å². The Kier molecular flexibility index (Phi) is 6.58. The van der Waals surface area contributed by atoms with Gasteiger partial charge >= 0.3 is 0 Å². The number of aromatic nitrogens is 2. The maximum Gasteiger partial charge on any atom is 0.261 e. The third kappa shape index (κ3) is 4.39. The van der Waals surface area contributed by atoms with Crippen molar-refractivity contribution < 1.29 is 14.3 Å². The van der Waals surface area contributed by atoms with Crippen LogP contribution in [0.5, 0.6) is 11.5 Å². The summed E-state index contributed by atoms with van der Waals surface area (Å²) >= 11 is 0. The Bertz CT molecular complexity index is 1360. The maximum atomic E-state index is 13.1. The number of fused-ring (bicyclic) bond motifs is 2. The molecule has 7 nitrogen and oxygen atoms in total. The fourth-order valence-electron chi connectivity index (χ4n) is 4.10. The first kappa shape index (κ1) is 22.3. The highest BCUT2D eigenvalue weighted by Crippen LogP contribution is 2.30. The lowest BCUT2D eigenvalue weighted by atomic mass is 10.1. The summed E-state index contributed by atoms with van der Waals surface area (Å²) in [6, 6.07) is 17.4. The van der Waals surface area contributed by atoms with Crippen LogP contribution in [0.25, 0.3) is 21.7 Å². The van der Waals surface area contributed by atoms with Crippen molar-refractivity contribution in [2.75, 3.05) is 25.7 Å². The van der Waals surface area contributed by atoms with Gasteiger partial charge in [0.1, 0.15) is 0 Å². The number of carbonyl (C=O) groups is 1. The standard InChI is InChI=1S/C26H27N3O4/c1-4-29(22-12-7-10-18-9-5-6-11-19(18)22)25(30)13-8-14-28-17-27-21-16-24(33-3)23(32-2)15-20(21)26(28)31/h5-7,9-12,15-17H,4,8,13-14H2,1-3H3. The summed E-state index contributed by atoms with van der Waals surface area (Å²) in [4.78, 5) is 32.2. The molecule has 0 bridgehead atoms. The summed E-state index contributed by atoms with van der Waals surface area (Å²) in [5, 5.41) is 2.60. The van der Waals surface area contributed by atoms with Crippen LogP contribution in [-0.4, -0.2) is 36.2 Å². The van der Waals surface area contributed by atoms with Gasteiger partial charge in [-0.1, -0.05) is 36.4 Å². The van der Waals surface area contributed by atoms with Crippen molar-refractivity contribution >= 4 is 33.3 Å². The zero-order valence-electron chi connectivity index (χ0n) is 19.1. The van der Waals surface area contributed by atoms with E-state index in [9.17, 15) is 9.59 Å². The third-order valence-electron chi connectivity index (χ3n) is 5.79. The number of hydrogen-bond acceptors (Lipinski definition) is 5. The van der Waals surface area contributed by atoms with Gasteiger partial charge in [-0.3, -0.25) is 14.2 Å². The summed E-state index contributed by atoms with van der Waals surface area (Å²) in [6.45, 7) is 2.94. The minimum Gasteiger partial charge on any atom is -0.493 e. The average molecular weight is 446 g/mol. The van der Waals surface area contributed by atoms with E-state index in [1.807, 2.05) is 49.4 Å². The first-order chi connectivity index (χ1) is 16.1. The number of amides is 1. The van der Waals surface area contributed by atoms with E-state index >= 15 is 0 Å². The Hall–Kier alpha value is -3.87. The first-order valence-corrected chi connectivity index (χ1v) is 11.0. The molecule has 0 radical (unpaired) electrons. The summed E-state index contributed by atoms with van der Waals surface area (Å²) in [6.07, 6.45) is 2.37. The van der Waals surface area contributed by atoms with Gasteiger partial charge in [-0.15, -0.1) is 0 Å². The third-order valence-corrected chi connectivity index (χ3v) is 5.79. The van der Waals surface area contributed by atoms with Crippen molar-refractivity contribution in [2.45, 2.75) is 26.3 Å². The predicted octanol–water partition coefficient (Wildman–Crippen LogP) is 4.40. The molecule has 1 amide bonds. The van der Waals surface area contributed by atoms with Gasteiger partial charge in [-0.2, -0.15) is 0 Å². The number of hydrogen-bond donors (Lipinski definition) is 0. The molecule has 0 saturated heterocycles. The van der Waals surface area contributed by atoms with E-state index in [1.54, 1.807) is 24.1 Å². The second-order valence-electron chi connectivity index (χ2n) is 7.71. The van der Waals surface area contributed by atoms with Crippen LogP contribution in [0.4, 0.5) is 5.69 Å². The molecule has 0 fully saturated rings. The molecule has 0 aliphatic heterocycles. The molecular weight excluding hydrogens is 418 g/mol. The molecule has 0 atom stereocenters. The van der Waals surface area contributed by atoms with Crippen LogP contribution in [0.15, 0.2) is 65.7 Å². The van der Waals surface area contributed by atoms with Crippen LogP contribution in [0.3, 0.4) is 0 Å². The van der Waals surface area contributed by atoms with Crippen LogP contribution in [0.2, 0.25) is 0 Å². The van der Waals surface area contributed by atoms with Crippen LogP contribution in [0, 0.1) is 0 Å². The number of methoxy groups -OCH3 is 2. The SMILES string of the molecule is CCN(C(=O)CCCn1cnc2cc(OC)c(OC)cc2c1=O)c1cccc2ccccc12. The molecule has 0 aliphatic carbocycles. The maximum absolute atomic E-state index is 13.1. The predicted molar refractivity (Wildman–Crippen MR) is 130 cm³/mol. The number of nitrogens with zero attached hydrogens (tertiary/aromatic N) is 3. The van der Waals surface area contributed by atoms with E-state index in [-0.39, 0.29) is 11.5 Å². The average Bonchev–Trinajstić information content (AvgIpc) is 2.85. The Balaban J connectivity index is 1.51. The minimum atomic E-state index is -0.171. The summed E-state index contributed by atoms with van der Waals surface area (Å²) in [5.74, 6) is 1.03. The Labute approximate surface area is 192 Å². The monoisotopic (exact) mass is 445 g/mol. The second kappa shape index (κ2) is 9.73. The number of benzene rings is 3. The topological polar surface area (TPSA) is 73.7 Å². The van der Waals surface area contributed by atoms with E-state index in [1.165, 1.54) is 18.0 Å². The van der Waals surface area contributed by atoms with Gasteiger partial charge in [0.15, 0.2) is 11.5 Å². The number of anilines is 1. The van der Waals surface area contributed by atoms with Gasteiger partial charge in [0, 0.05) is 31.0 Å². The van der Waals surface area contributed by atoms with E-state index in [0.717, 1.165) is 16.5 Å². The molecule has 33 heavy (non-hydrogen) atoms. The molecule has 7 heteroatoms. The number of carbonyl (C=O) groups excluding carboxylic acids is 1. The second-order valence-corrected chi connectivity index (χ2v) is 7.71. The minimum absolute atomic E-state index is 0.0297. The lowest BCUT2D eigenvalue weighted by Gasteiger charge is -2.23. The lowest BCUT2D eigenvalue weighted by molar-refractivity contribution is -0.118. The van der Waals surface area contributed by atoms with Crippen LogP contribution in [0.1, 0.15) is 19.8 Å². The molecule has 170 valence electrons. The summed E-state index contributed by atoms with van der Waals surface area (Å²) in [5.41, 5.74) is 1.28. The van der Waals surface area contributed by atoms with Crippen LogP contribution in [-0.2, 0) is 11.3 Å². The molecule has 0 unspecified atom stereocenters. The van der Waals surface area contributed by atoms with Gasteiger partial charge < -0.3 is 14.4 Å². The van der Waals surface area contributed by atoms with Crippen molar-refractivity contribution in [1.82, 2.24) is 9.55 Å². The van der Waals surface area contributed by atoms with Crippen molar-refractivity contribution in [2.24, 2.45) is 0 Å². The van der Waals surface area contributed by atoms with Crippen LogP contribution >= 0.6 is 0 Å². The Morgan fingerprint density at radius 1 is 1.00 bits per heavy atom. The van der Waals surface area contributed by atoms with E-state index in [4.69, 9.17) is 9.47 Å². The van der Waals surface area contributed by atoms with E-state index in [0.29, 0.717) is 48.3 Å². The summed E-state index contributed by atoms with van der Waals surface area (Å²) < 4.78 is 12.1. The number of aryl methyl sites for hydroxylation is 1. The molecule has 0 N–H and O–H groups in total. The Morgan fingerprint density at radius 2 is 1.73 bits per heavy atom. The van der Waals surface area contributed by atoms with Gasteiger partial charge in [0.2, 0.25) is 5.91 Å². The molecule has 4 rings (SSSR count). The van der Waals surface area contributed by atoms with Crippen molar-refractivity contribution in [1.29, 1.82) is 0 Å². The number of ether oxygens (including phenoxy) is 2. The highest BCUT2D eigenvalue weighted by molar-refractivity contribution is 6.03. The van der Waals surface area contributed by atoms with Gasteiger partial charge in [0.25, 0.3) is 5.56 Å². The molecule has 4 aromatic rings. The normalized spacial score (nSPS) is 11.0. The molecule has 1 heterocycles. The largest absolute Gasteiger partial charge is 0.493 e. The van der Waals surface area contributed by atoms with E-state index in [2.05, 4.69) is 4.98 Å². The molecule has 0 spiro atoms. The smallest absolute Gasteiger partial charge is 0.261 e. The fraction of sp³-hybridized carbons (Fsp3) is 0.269. The van der Waals surface area contributed by atoms with Crippen LogP contribution < -0.4 is 19.9 Å². The highest BCUT2D eigenvalue weighted by Gasteiger charge is 2.16. The number of rotatable bonds is 8. The van der Waals surface area contributed by atoms with Crippen molar-refractivity contribution in [3.63, 3.8) is 0 Å². The van der Waals surface area contributed by atoms with Gasteiger partial charge in [0.05, 0.1) is 37.1 Å². The zero-order chi connectivity index (χ0) is 23.4. The molecule has 3 aromatic carbocycles. The lowest BCUT2D eigenvalue weighted by Crippen LogP contribution is -2.31. The molecular formula is C26H27N3O4. The molecule has 1 aromatic heterocycles.